The molecule has 1 aliphatic heterocycles. The van der Waals surface area contributed by atoms with Gasteiger partial charge in [0.2, 0.25) is 0 Å². The maximum Gasteiger partial charge on any atom is 0.118 e. The first-order valence-electron chi connectivity index (χ1n) is 6.00. The highest BCUT2D eigenvalue weighted by Gasteiger charge is 2.19. The second-order valence-electron chi connectivity index (χ2n) is 4.45. The van der Waals surface area contributed by atoms with Crippen molar-refractivity contribution in [1.82, 2.24) is 9.55 Å². The lowest BCUT2D eigenvalue weighted by Crippen LogP contribution is -1.96. The van der Waals surface area contributed by atoms with Crippen LogP contribution in [0.25, 0.3) is 11.3 Å². The fourth-order valence-corrected chi connectivity index (χ4v) is 2.57. The second kappa shape index (κ2) is 5.14. The highest BCUT2D eigenvalue weighted by Crippen LogP contribution is 2.29. The molecule has 1 aromatic carbocycles. The predicted molar refractivity (Wildman–Crippen MR) is 77.6 cm³/mol. The summed E-state index contributed by atoms with van der Waals surface area (Å²) in [5.74, 6) is 2.13. The van der Waals surface area contributed by atoms with Crippen LogP contribution in [0, 0.1) is 6.92 Å². The van der Waals surface area contributed by atoms with Gasteiger partial charge in [-0.05, 0) is 37.6 Å². The van der Waals surface area contributed by atoms with Gasteiger partial charge in [-0.3, -0.25) is 0 Å². The Bertz CT molecular complexity index is 546. The number of imidazole rings is 1. The van der Waals surface area contributed by atoms with E-state index in [9.17, 15) is 0 Å². The Kier molecular flexibility index (Phi) is 3.76. The first-order valence-corrected chi connectivity index (χ1v) is 6.00. The van der Waals surface area contributed by atoms with Gasteiger partial charge in [0.05, 0.1) is 18.5 Å². The summed E-state index contributed by atoms with van der Waals surface area (Å²) in [4.78, 5) is 4.64. The summed E-state index contributed by atoms with van der Waals surface area (Å²) in [7, 11) is 1.69. The molecule has 0 atom stereocenters. The lowest BCUT2D eigenvalue weighted by molar-refractivity contribution is 0.415. The van der Waals surface area contributed by atoms with Crippen molar-refractivity contribution >= 4 is 17.0 Å². The van der Waals surface area contributed by atoms with Crippen LogP contribution in [0.4, 0.5) is 0 Å². The minimum atomic E-state index is 0. The summed E-state index contributed by atoms with van der Waals surface area (Å²) in [6.45, 7) is 3.18. The van der Waals surface area contributed by atoms with Crippen molar-refractivity contribution in [2.75, 3.05) is 7.11 Å². The first kappa shape index (κ1) is 13.1. The number of halogens is 1. The van der Waals surface area contributed by atoms with Crippen LogP contribution in [0.3, 0.4) is 0 Å². The van der Waals surface area contributed by atoms with E-state index in [2.05, 4.69) is 28.6 Å². The van der Waals surface area contributed by atoms with E-state index < -0.39 is 0 Å². The van der Waals surface area contributed by atoms with Crippen LogP contribution in [0.2, 0.25) is 0 Å². The van der Waals surface area contributed by atoms with Crippen molar-refractivity contribution < 1.29 is 4.74 Å². The van der Waals surface area contributed by atoms with E-state index in [1.807, 2.05) is 12.1 Å². The van der Waals surface area contributed by atoms with Crippen molar-refractivity contribution in [1.29, 1.82) is 0 Å². The van der Waals surface area contributed by atoms with E-state index in [-0.39, 0.29) is 17.0 Å². The van der Waals surface area contributed by atoms with E-state index in [0.717, 1.165) is 24.4 Å². The molecule has 0 fully saturated rings. The van der Waals surface area contributed by atoms with Gasteiger partial charge in [0, 0.05) is 18.5 Å². The lowest BCUT2D eigenvalue weighted by atomic mass is 10.1. The molecule has 96 valence electrons. The number of rotatable bonds is 2. The number of nitrogens with zero attached hydrogens (tertiary/aromatic N) is 2. The average Bonchev–Trinajstić information content (AvgIpc) is 2.89. The molecule has 0 saturated carbocycles. The van der Waals surface area contributed by atoms with Gasteiger partial charge in [-0.1, -0.05) is 0 Å². The molecule has 1 aromatic heterocycles. The van der Waals surface area contributed by atoms with Gasteiger partial charge in [-0.15, -0.1) is 17.0 Å². The Morgan fingerprint density at radius 3 is 2.61 bits per heavy atom. The molecule has 0 bridgehead atoms. The molecule has 0 unspecified atom stereocenters. The number of ether oxygens (including phenoxy) is 1. The van der Waals surface area contributed by atoms with Crippen molar-refractivity contribution in [2.45, 2.75) is 26.3 Å². The van der Waals surface area contributed by atoms with Crippen LogP contribution in [0.5, 0.6) is 5.75 Å². The fraction of sp³-hybridized carbons (Fsp3) is 0.357. The number of hydrogen-bond acceptors (Lipinski definition) is 2. The smallest absolute Gasteiger partial charge is 0.118 e. The third kappa shape index (κ3) is 2.05. The van der Waals surface area contributed by atoms with Gasteiger partial charge < -0.3 is 9.30 Å². The Morgan fingerprint density at radius 1 is 1.22 bits per heavy atom. The van der Waals surface area contributed by atoms with Crippen LogP contribution in [0.15, 0.2) is 24.3 Å². The van der Waals surface area contributed by atoms with Gasteiger partial charge in [-0.2, -0.15) is 0 Å². The molecule has 0 spiro atoms. The predicted octanol–water partition coefficient (Wildman–Crippen LogP) is 3.39. The van der Waals surface area contributed by atoms with Crippen molar-refractivity contribution in [3.05, 3.63) is 35.8 Å². The van der Waals surface area contributed by atoms with E-state index in [4.69, 9.17) is 4.74 Å². The van der Waals surface area contributed by atoms with Crippen LogP contribution in [-0.4, -0.2) is 16.7 Å². The largest absolute Gasteiger partial charge is 0.497 e. The SMILES string of the molecule is Br.COc1ccc(-c2c(C)nc3n2CCC3)cc1. The topological polar surface area (TPSA) is 27.1 Å². The van der Waals surface area contributed by atoms with E-state index in [1.54, 1.807) is 7.11 Å². The minimum Gasteiger partial charge on any atom is -0.497 e. The molecule has 3 rings (SSSR count). The molecule has 1 aliphatic rings. The zero-order valence-corrected chi connectivity index (χ0v) is 12.4. The highest BCUT2D eigenvalue weighted by atomic mass is 79.9. The number of methoxy groups -OCH3 is 1. The quantitative estimate of drug-likeness (QED) is 0.850. The van der Waals surface area contributed by atoms with Gasteiger partial charge in [0.1, 0.15) is 11.6 Å². The molecule has 3 nitrogen and oxygen atoms in total. The van der Waals surface area contributed by atoms with Crippen molar-refractivity contribution in [2.24, 2.45) is 0 Å². The average molecular weight is 309 g/mol. The van der Waals surface area contributed by atoms with E-state index in [0.29, 0.717) is 0 Å². The summed E-state index contributed by atoms with van der Waals surface area (Å²) in [5.41, 5.74) is 3.62. The van der Waals surface area contributed by atoms with Gasteiger partial charge in [0.15, 0.2) is 0 Å². The highest BCUT2D eigenvalue weighted by molar-refractivity contribution is 8.93. The van der Waals surface area contributed by atoms with Crippen LogP contribution < -0.4 is 4.74 Å². The molecular weight excluding hydrogens is 292 g/mol. The molecular formula is C14H17BrN2O. The van der Waals surface area contributed by atoms with Crippen molar-refractivity contribution in [3.63, 3.8) is 0 Å². The molecule has 18 heavy (non-hydrogen) atoms. The molecule has 0 radical (unpaired) electrons. The van der Waals surface area contributed by atoms with Gasteiger partial charge in [0.25, 0.3) is 0 Å². The molecule has 0 amide bonds. The lowest BCUT2D eigenvalue weighted by Gasteiger charge is -2.07. The minimum absolute atomic E-state index is 0. The second-order valence-corrected chi connectivity index (χ2v) is 4.45. The Balaban J connectivity index is 0.00000120. The summed E-state index contributed by atoms with van der Waals surface area (Å²) in [5, 5.41) is 0. The summed E-state index contributed by atoms with van der Waals surface area (Å²) < 4.78 is 7.53. The molecule has 4 heteroatoms. The zero-order chi connectivity index (χ0) is 11.8. The maximum absolute atomic E-state index is 5.19. The standard InChI is InChI=1S/C14H16N2O.BrH/c1-10-14(16-9-3-4-13(16)15-10)11-5-7-12(17-2)8-6-11;/h5-8H,3-4,9H2,1-2H3;1H. The number of benzene rings is 1. The van der Waals surface area contributed by atoms with Gasteiger partial charge >= 0.3 is 0 Å². The molecule has 0 saturated heterocycles. The zero-order valence-electron chi connectivity index (χ0n) is 10.6. The molecule has 2 aromatic rings. The first-order chi connectivity index (χ1) is 8.29. The molecule has 0 aliphatic carbocycles. The fourth-order valence-electron chi connectivity index (χ4n) is 2.57. The Hall–Kier alpha value is -1.29. The van der Waals surface area contributed by atoms with E-state index in [1.165, 1.54) is 23.5 Å². The normalized spacial score (nSPS) is 13.0. The van der Waals surface area contributed by atoms with Crippen molar-refractivity contribution in [3.8, 4) is 17.0 Å². The molecule has 2 heterocycles. The van der Waals surface area contributed by atoms with Crippen LogP contribution in [0.1, 0.15) is 17.9 Å². The molecule has 0 N–H and O–H groups in total. The number of aromatic nitrogens is 2. The Morgan fingerprint density at radius 2 is 1.94 bits per heavy atom. The number of hydrogen-bond donors (Lipinski definition) is 0. The number of aryl methyl sites for hydroxylation is 2. The maximum atomic E-state index is 5.19. The summed E-state index contributed by atoms with van der Waals surface area (Å²) >= 11 is 0. The third-order valence-electron chi connectivity index (χ3n) is 3.37. The summed E-state index contributed by atoms with van der Waals surface area (Å²) in [6.07, 6.45) is 2.32. The number of fused-ring (bicyclic) bond motifs is 1. The van der Waals surface area contributed by atoms with E-state index >= 15 is 0 Å². The Labute approximate surface area is 118 Å². The van der Waals surface area contributed by atoms with Crippen LogP contribution in [-0.2, 0) is 13.0 Å². The van der Waals surface area contributed by atoms with Crippen LogP contribution >= 0.6 is 17.0 Å². The monoisotopic (exact) mass is 308 g/mol. The summed E-state index contributed by atoms with van der Waals surface area (Å²) in [6, 6.07) is 8.22. The third-order valence-corrected chi connectivity index (χ3v) is 3.37. The van der Waals surface area contributed by atoms with Gasteiger partial charge in [-0.25, -0.2) is 4.98 Å².